The van der Waals surface area contributed by atoms with Gasteiger partial charge in [-0.3, -0.25) is 4.79 Å². The number of rotatable bonds is 6. The van der Waals surface area contributed by atoms with Crippen LogP contribution in [0.15, 0.2) is 78.9 Å². The van der Waals surface area contributed by atoms with Crippen molar-refractivity contribution in [2.24, 2.45) is 5.92 Å². The molecule has 38 heavy (non-hydrogen) atoms. The molecule has 1 heterocycles. The number of amides is 2. The van der Waals surface area contributed by atoms with Crippen LogP contribution < -0.4 is 5.32 Å². The number of benzene rings is 3. The summed E-state index contributed by atoms with van der Waals surface area (Å²) in [6.45, 7) is 5.59. The molecule has 3 aromatic carbocycles. The summed E-state index contributed by atoms with van der Waals surface area (Å²) in [5.41, 5.74) is 5.38. The third kappa shape index (κ3) is 4.76. The normalized spacial score (nSPS) is 19.4. The first-order valence-corrected chi connectivity index (χ1v) is 13.0. The zero-order chi connectivity index (χ0) is 26.8. The second kappa shape index (κ2) is 10.7. The molecule has 3 atom stereocenters. The minimum Gasteiger partial charge on any atom is -0.462 e. The van der Waals surface area contributed by atoms with Gasteiger partial charge in [0, 0.05) is 5.92 Å². The van der Waals surface area contributed by atoms with Crippen LogP contribution in [-0.2, 0) is 19.1 Å². The van der Waals surface area contributed by atoms with E-state index in [4.69, 9.17) is 9.47 Å². The third-order valence-corrected chi connectivity index (χ3v) is 7.38. The summed E-state index contributed by atoms with van der Waals surface area (Å²) in [7, 11) is 0. The van der Waals surface area contributed by atoms with Crippen molar-refractivity contribution in [3.8, 4) is 11.1 Å². The zero-order valence-electron chi connectivity index (χ0n) is 21.8. The molecule has 196 valence electrons. The van der Waals surface area contributed by atoms with Crippen LogP contribution in [0.1, 0.15) is 49.4 Å². The lowest BCUT2D eigenvalue weighted by atomic mass is 9.94. The van der Waals surface area contributed by atoms with Gasteiger partial charge in [-0.25, -0.2) is 9.59 Å². The van der Waals surface area contributed by atoms with Gasteiger partial charge in [0.05, 0.1) is 6.04 Å². The molecule has 0 spiro atoms. The molecule has 0 unspecified atom stereocenters. The molecular weight excluding hydrogens is 480 g/mol. The number of ether oxygens (including phenoxy) is 2. The lowest BCUT2D eigenvalue weighted by Crippen LogP contribution is -2.59. The highest BCUT2D eigenvalue weighted by atomic mass is 16.5. The summed E-state index contributed by atoms with van der Waals surface area (Å²) < 4.78 is 11.1. The fraction of sp³-hybridized carbons (Fsp3) is 0.323. The molecule has 1 N–H and O–H groups in total. The molecule has 7 heteroatoms. The van der Waals surface area contributed by atoms with E-state index < -0.39 is 30.2 Å². The number of morpholine rings is 1. The van der Waals surface area contributed by atoms with E-state index in [2.05, 4.69) is 29.6 Å². The van der Waals surface area contributed by atoms with Crippen molar-refractivity contribution in [3.05, 3.63) is 95.6 Å². The largest absolute Gasteiger partial charge is 0.462 e. The van der Waals surface area contributed by atoms with E-state index >= 15 is 0 Å². The first-order chi connectivity index (χ1) is 18.4. The van der Waals surface area contributed by atoms with Gasteiger partial charge in [-0.05, 0) is 40.7 Å². The molecule has 0 bridgehead atoms. The lowest BCUT2D eigenvalue weighted by Gasteiger charge is -2.43. The van der Waals surface area contributed by atoms with Gasteiger partial charge in [0.15, 0.2) is 0 Å². The first kappa shape index (κ1) is 25.5. The molecule has 0 aromatic heterocycles. The Morgan fingerprint density at radius 2 is 1.50 bits per heavy atom. The van der Waals surface area contributed by atoms with Gasteiger partial charge in [-0.1, -0.05) is 92.7 Å². The van der Waals surface area contributed by atoms with Crippen molar-refractivity contribution in [2.75, 3.05) is 13.2 Å². The molecule has 0 saturated carbocycles. The maximum absolute atomic E-state index is 13.7. The van der Waals surface area contributed by atoms with Crippen LogP contribution in [-0.4, -0.2) is 48.2 Å². The Hall–Kier alpha value is -4.13. The fourth-order valence-electron chi connectivity index (χ4n) is 5.55. The molecule has 5 rings (SSSR count). The number of nitrogens with one attached hydrogen (secondary N) is 1. The maximum atomic E-state index is 13.7. The summed E-state index contributed by atoms with van der Waals surface area (Å²) in [6.07, 6.45) is -0.676. The Bertz CT molecular complexity index is 1290. The monoisotopic (exact) mass is 512 g/mol. The summed E-state index contributed by atoms with van der Waals surface area (Å²) in [5.74, 6) is -1.04. The van der Waals surface area contributed by atoms with Crippen LogP contribution in [0.5, 0.6) is 0 Å². The van der Waals surface area contributed by atoms with Crippen molar-refractivity contribution < 1.29 is 23.9 Å². The van der Waals surface area contributed by atoms with Crippen LogP contribution in [0.4, 0.5) is 4.79 Å². The Balaban J connectivity index is 1.29. The average Bonchev–Trinajstić information content (AvgIpc) is 3.25. The Kier molecular flexibility index (Phi) is 7.18. The third-order valence-electron chi connectivity index (χ3n) is 7.38. The number of esters is 1. The lowest BCUT2D eigenvalue weighted by molar-refractivity contribution is -0.173. The van der Waals surface area contributed by atoms with E-state index in [1.165, 1.54) is 0 Å². The van der Waals surface area contributed by atoms with Gasteiger partial charge in [-0.2, -0.15) is 0 Å². The number of nitrogens with zero attached hydrogens (tertiary/aromatic N) is 1. The van der Waals surface area contributed by atoms with Gasteiger partial charge in [-0.15, -0.1) is 0 Å². The predicted octanol–water partition coefficient (Wildman–Crippen LogP) is 5.06. The first-order valence-electron chi connectivity index (χ1n) is 13.0. The molecular formula is C31H32N2O5. The minimum atomic E-state index is -0.899. The summed E-state index contributed by atoms with van der Waals surface area (Å²) in [5, 5.41) is 2.69. The number of cyclic esters (lactones) is 1. The SMILES string of the molecule is CC(C)[C@H]1C(=O)OC[C@@H](c2ccccc2)N1C(=O)[C@H](C)NC(=O)OCC1c2ccccc2-c2ccccc21. The molecule has 1 aliphatic heterocycles. The topological polar surface area (TPSA) is 84.9 Å². The summed E-state index contributed by atoms with van der Waals surface area (Å²) >= 11 is 0. The van der Waals surface area contributed by atoms with Crippen molar-refractivity contribution in [1.82, 2.24) is 10.2 Å². The standard InChI is InChI=1S/C31H32N2O5/c1-19(2)28-30(35)37-18-27(21-11-5-4-6-12-21)33(28)29(34)20(3)32-31(36)38-17-26-24-15-9-7-13-22(24)23-14-8-10-16-25(23)26/h4-16,19-20,26-28H,17-18H2,1-3H3,(H,32,36)/t20-,27-,28-/m0/s1. The number of hydrogen-bond donors (Lipinski definition) is 1. The zero-order valence-corrected chi connectivity index (χ0v) is 21.8. The number of carbonyl (C=O) groups is 3. The van der Waals surface area contributed by atoms with E-state index in [-0.39, 0.29) is 31.0 Å². The van der Waals surface area contributed by atoms with E-state index in [0.29, 0.717) is 0 Å². The van der Waals surface area contributed by atoms with Crippen LogP contribution in [0, 0.1) is 5.92 Å². The molecule has 2 amide bonds. The van der Waals surface area contributed by atoms with Crippen LogP contribution >= 0.6 is 0 Å². The Labute approximate surface area is 222 Å². The quantitative estimate of drug-likeness (QED) is 0.467. The second-order valence-corrected chi connectivity index (χ2v) is 10.2. The summed E-state index contributed by atoms with van der Waals surface area (Å²) in [4.78, 5) is 40.8. The highest BCUT2D eigenvalue weighted by molar-refractivity contribution is 5.90. The predicted molar refractivity (Wildman–Crippen MR) is 143 cm³/mol. The average molecular weight is 513 g/mol. The highest BCUT2D eigenvalue weighted by Gasteiger charge is 2.44. The molecule has 1 fully saturated rings. The number of hydrogen-bond acceptors (Lipinski definition) is 5. The van der Waals surface area contributed by atoms with E-state index in [1.807, 2.05) is 68.4 Å². The van der Waals surface area contributed by atoms with Gasteiger partial charge in [0.25, 0.3) is 0 Å². The molecule has 1 saturated heterocycles. The van der Waals surface area contributed by atoms with Gasteiger partial charge >= 0.3 is 12.1 Å². The number of fused-ring (bicyclic) bond motifs is 3. The molecule has 3 aromatic rings. The van der Waals surface area contributed by atoms with Crippen molar-refractivity contribution >= 4 is 18.0 Å². The number of alkyl carbamates (subject to hydrolysis) is 1. The van der Waals surface area contributed by atoms with Gasteiger partial charge in [0.1, 0.15) is 25.3 Å². The van der Waals surface area contributed by atoms with Crippen LogP contribution in [0.3, 0.4) is 0 Å². The van der Waals surface area contributed by atoms with Crippen molar-refractivity contribution in [3.63, 3.8) is 0 Å². The second-order valence-electron chi connectivity index (χ2n) is 10.2. The van der Waals surface area contributed by atoms with E-state index in [0.717, 1.165) is 27.8 Å². The Morgan fingerprint density at radius 1 is 0.921 bits per heavy atom. The highest BCUT2D eigenvalue weighted by Crippen LogP contribution is 2.44. The minimum absolute atomic E-state index is 0.0650. The smallest absolute Gasteiger partial charge is 0.407 e. The molecule has 7 nitrogen and oxygen atoms in total. The fourth-order valence-corrected chi connectivity index (χ4v) is 5.55. The van der Waals surface area contributed by atoms with Crippen LogP contribution in [0.2, 0.25) is 0 Å². The van der Waals surface area contributed by atoms with Gasteiger partial charge in [0.2, 0.25) is 5.91 Å². The van der Waals surface area contributed by atoms with E-state index in [1.54, 1.807) is 11.8 Å². The maximum Gasteiger partial charge on any atom is 0.407 e. The van der Waals surface area contributed by atoms with E-state index in [9.17, 15) is 14.4 Å². The molecule has 1 aliphatic carbocycles. The number of carbonyl (C=O) groups excluding carboxylic acids is 3. The van der Waals surface area contributed by atoms with Crippen molar-refractivity contribution in [2.45, 2.75) is 44.8 Å². The molecule has 2 aliphatic rings. The Morgan fingerprint density at radius 3 is 2.11 bits per heavy atom. The summed E-state index contributed by atoms with van der Waals surface area (Å²) in [6, 6.07) is 23.6. The molecule has 0 radical (unpaired) electrons. The van der Waals surface area contributed by atoms with Crippen molar-refractivity contribution in [1.29, 1.82) is 0 Å². The van der Waals surface area contributed by atoms with Gasteiger partial charge < -0.3 is 19.7 Å². The van der Waals surface area contributed by atoms with Crippen LogP contribution in [0.25, 0.3) is 11.1 Å².